The van der Waals surface area contributed by atoms with E-state index in [1.165, 1.54) is 86.4 Å². The lowest BCUT2D eigenvalue weighted by atomic mass is 9.58. The average molecular weight is 616 g/mol. The molecule has 0 spiro atoms. The van der Waals surface area contributed by atoms with Crippen LogP contribution in [0, 0.1) is 6.92 Å². The van der Waals surface area contributed by atoms with Crippen molar-refractivity contribution in [2.45, 2.75) is 6.92 Å². The van der Waals surface area contributed by atoms with E-state index in [2.05, 4.69) is 170 Å². The monoisotopic (exact) mass is 615 g/mol. The van der Waals surface area contributed by atoms with E-state index < -0.39 is 0 Å². The first-order valence-corrected chi connectivity index (χ1v) is 16.9. The Hall–Kier alpha value is -5.58. The topological polar surface area (TPSA) is 17.0 Å². The molecule has 0 unspecified atom stereocenters. The second-order valence-corrected chi connectivity index (χ2v) is 13.5. The van der Waals surface area contributed by atoms with Crippen molar-refractivity contribution in [3.05, 3.63) is 151 Å². The number of anilines is 2. The van der Waals surface area contributed by atoms with Crippen molar-refractivity contribution >= 4 is 82.9 Å². The fourth-order valence-corrected chi connectivity index (χ4v) is 8.75. The molecule has 0 bridgehead atoms. The quantitative estimate of drug-likeness (QED) is 0.195. The molecule has 1 aliphatic heterocycles. The fraction of sp³-hybridized carbons (Fsp3) is 0.0233. The van der Waals surface area contributed by atoms with Gasteiger partial charge in [0.15, 0.2) is 7.28 Å². The third kappa shape index (κ3) is 3.98. The van der Waals surface area contributed by atoms with Gasteiger partial charge in [0.05, 0.1) is 15.9 Å². The van der Waals surface area contributed by atoms with E-state index >= 15 is 0 Å². The number of aromatic nitrogens is 1. The first-order valence-electron chi connectivity index (χ1n) is 16.1. The highest BCUT2D eigenvalue weighted by Gasteiger charge is 2.27. The van der Waals surface area contributed by atoms with Gasteiger partial charge in [-0.15, -0.1) is 11.3 Å². The molecule has 2 nitrogen and oxygen atoms in total. The van der Waals surface area contributed by atoms with Crippen LogP contribution in [0.3, 0.4) is 0 Å². The lowest BCUT2D eigenvalue weighted by Gasteiger charge is -2.26. The Labute approximate surface area is 277 Å². The van der Waals surface area contributed by atoms with Crippen molar-refractivity contribution < 1.29 is 0 Å². The van der Waals surface area contributed by atoms with Crippen LogP contribution in [0.25, 0.3) is 69.9 Å². The summed E-state index contributed by atoms with van der Waals surface area (Å²) in [4.78, 5) is 0. The number of aryl methyl sites for hydroxylation is 1. The summed E-state index contributed by atoms with van der Waals surface area (Å²) in [6, 6.07) is 53.2. The van der Waals surface area contributed by atoms with E-state index in [1.54, 1.807) is 0 Å². The molecule has 1 N–H and O–H groups in total. The molecule has 9 aromatic rings. The van der Waals surface area contributed by atoms with E-state index in [9.17, 15) is 0 Å². The molecular weight excluding hydrogens is 587 g/mol. The van der Waals surface area contributed by atoms with Crippen LogP contribution < -0.4 is 16.2 Å². The second-order valence-electron chi connectivity index (χ2n) is 12.5. The average Bonchev–Trinajstić information content (AvgIpc) is 3.67. The molecule has 0 fully saturated rings. The van der Waals surface area contributed by atoms with Gasteiger partial charge >= 0.3 is 0 Å². The minimum atomic E-state index is 1.12. The van der Waals surface area contributed by atoms with Gasteiger partial charge in [-0.2, -0.15) is 0 Å². The number of fused-ring (bicyclic) bond motifs is 8. The molecule has 3 heterocycles. The summed E-state index contributed by atoms with van der Waals surface area (Å²) in [5, 5.41) is 9.12. The predicted molar refractivity (Wildman–Crippen MR) is 204 cm³/mol. The minimum Gasteiger partial charge on any atom is -0.354 e. The molecular formula is C43H28BN2S. The zero-order valence-corrected chi connectivity index (χ0v) is 26.6. The van der Waals surface area contributed by atoms with E-state index in [0.717, 1.165) is 11.4 Å². The Morgan fingerprint density at radius 2 is 1.36 bits per heavy atom. The molecule has 0 amide bonds. The number of thiophene rings is 1. The number of benzene rings is 7. The van der Waals surface area contributed by atoms with Crippen molar-refractivity contribution in [2.24, 2.45) is 0 Å². The summed E-state index contributed by atoms with van der Waals surface area (Å²) in [7, 11) is 2.41. The second kappa shape index (κ2) is 10.2. The largest absolute Gasteiger partial charge is 0.354 e. The number of hydrogen-bond donors (Lipinski definition) is 1. The summed E-state index contributed by atoms with van der Waals surface area (Å²) in [5.74, 6) is 0. The van der Waals surface area contributed by atoms with Crippen LogP contribution >= 0.6 is 11.3 Å². The Morgan fingerprint density at radius 3 is 2.26 bits per heavy atom. The van der Waals surface area contributed by atoms with Crippen LogP contribution in [0.5, 0.6) is 0 Å². The number of para-hydroxylation sites is 3. The summed E-state index contributed by atoms with van der Waals surface area (Å²) >= 11 is 1.87. The zero-order valence-electron chi connectivity index (χ0n) is 25.8. The van der Waals surface area contributed by atoms with Gasteiger partial charge in [0.1, 0.15) is 0 Å². The highest BCUT2D eigenvalue weighted by atomic mass is 32.1. The Kier molecular flexibility index (Phi) is 5.79. The van der Waals surface area contributed by atoms with Crippen LogP contribution in [0.2, 0.25) is 0 Å². The Bertz CT molecular complexity index is 2700. The number of nitrogens with one attached hydrogen (secondary N) is 1. The first kappa shape index (κ1) is 26.6. The molecule has 0 saturated heterocycles. The highest BCUT2D eigenvalue weighted by molar-refractivity contribution is 7.26. The van der Waals surface area contributed by atoms with Gasteiger partial charge in [-0.1, -0.05) is 121 Å². The van der Waals surface area contributed by atoms with Gasteiger partial charge < -0.3 is 9.88 Å². The highest BCUT2D eigenvalue weighted by Crippen LogP contribution is 2.45. The van der Waals surface area contributed by atoms with Gasteiger partial charge in [-0.05, 0) is 65.0 Å². The number of hydrogen-bond acceptors (Lipinski definition) is 2. The third-order valence-corrected chi connectivity index (χ3v) is 11.0. The van der Waals surface area contributed by atoms with Crippen LogP contribution in [0.4, 0.5) is 11.4 Å². The van der Waals surface area contributed by atoms with Crippen LogP contribution in [0.15, 0.2) is 146 Å². The standard InChI is InChI=1S/C43H28BN2S/c1-26-12-5-8-19-36(26)45-41-31(22-23-33-30-16-7-10-21-39(30)47-43(33)41)34-24-28(27-13-3-2-4-14-27)25-38-40(34)44-35-18-11-17-32-29-15-6-9-20-37(29)46(38)42(32)35/h2-25,45H,1H3. The summed E-state index contributed by atoms with van der Waals surface area (Å²) in [6.07, 6.45) is 0. The maximum Gasteiger partial charge on any atom is 0.197 e. The SMILES string of the molecule is Cc1ccccc1Nc1c(-c2cc(-c3ccccc3)cc3c2[B]c2cccc4c5ccccc5n-3c24)ccc2c1sc1ccccc12. The number of nitrogens with zero attached hydrogens (tertiary/aromatic N) is 1. The lowest BCUT2D eigenvalue weighted by molar-refractivity contribution is 1.19. The molecule has 0 aliphatic carbocycles. The van der Waals surface area contributed by atoms with Crippen LogP contribution in [-0.4, -0.2) is 11.8 Å². The molecule has 4 heteroatoms. The van der Waals surface area contributed by atoms with Crippen molar-refractivity contribution in [3.63, 3.8) is 0 Å². The van der Waals surface area contributed by atoms with Gasteiger partial charge in [-0.3, -0.25) is 0 Å². The van der Waals surface area contributed by atoms with Gasteiger partial charge in [0, 0.05) is 48.7 Å². The maximum atomic E-state index is 3.96. The van der Waals surface area contributed by atoms with E-state index in [0.29, 0.717) is 0 Å². The molecule has 7 aromatic carbocycles. The maximum absolute atomic E-state index is 3.96. The molecule has 1 radical (unpaired) electrons. The fourth-order valence-electron chi connectivity index (χ4n) is 7.55. The van der Waals surface area contributed by atoms with Gasteiger partial charge in [0.25, 0.3) is 0 Å². The van der Waals surface area contributed by atoms with Crippen molar-refractivity contribution in [1.82, 2.24) is 4.57 Å². The van der Waals surface area contributed by atoms with Crippen LogP contribution in [0.1, 0.15) is 5.56 Å². The van der Waals surface area contributed by atoms with Gasteiger partial charge in [-0.25, -0.2) is 0 Å². The normalized spacial score (nSPS) is 12.1. The van der Waals surface area contributed by atoms with Crippen molar-refractivity contribution in [3.8, 4) is 27.9 Å². The predicted octanol–water partition coefficient (Wildman–Crippen LogP) is 10.5. The molecule has 0 atom stereocenters. The summed E-state index contributed by atoms with van der Waals surface area (Å²) in [6.45, 7) is 2.18. The zero-order chi connectivity index (χ0) is 31.1. The van der Waals surface area contributed by atoms with E-state index in [4.69, 9.17) is 0 Å². The molecule has 10 rings (SSSR count). The molecule has 47 heavy (non-hydrogen) atoms. The number of rotatable bonds is 4. The first-order chi connectivity index (χ1) is 23.2. The van der Waals surface area contributed by atoms with E-state index in [-0.39, 0.29) is 0 Å². The van der Waals surface area contributed by atoms with E-state index in [1.807, 2.05) is 11.3 Å². The summed E-state index contributed by atoms with van der Waals surface area (Å²) in [5.41, 5.74) is 14.5. The van der Waals surface area contributed by atoms with Crippen molar-refractivity contribution in [2.75, 3.05) is 5.32 Å². The lowest BCUT2D eigenvalue weighted by Crippen LogP contribution is -2.37. The molecule has 2 aromatic heterocycles. The van der Waals surface area contributed by atoms with Crippen molar-refractivity contribution in [1.29, 1.82) is 0 Å². The Balaban J connectivity index is 1.33. The smallest absolute Gasteiger partial charge is 0.197 e. The molecule has 0 saturated carbocycles. The molecule has 1 aliphatic rings. The molecule has 219 valence electrons. The Morgan fingerprint density at radius 1 is 0.596 bits per heavy atom. The van der Waals surface area contributed by atoms with Gasteiger partial charge in [0.2, 0.25) is 0 Å². The minimum absolute atomic E-state index is 1.12. The van der Waals surface area contributed by atoms with Crippen LogP contribution in [-0.2, 0) is 0 Å². The third-order valence-electron chi connectivity index (χ3n) is 9.77. The summed E-state index contributed by atoms with van der Waals surface area (Å²) < 4.78 is 5.07.